The van der Waals surface area contributed by atoms with Gasteiger partial charge < -0.3 is 15.8 Å². The molecule has 110 valence electrons. The molecule has 0 aromatic heterocycles. The molecular formula is C15H14BrClN2O2. The van der Waals surface area contributed by atoms with Crippen LogP contribution in [0.3, 0.4) is 0 Å². The van der Waals surface area contributed by atoms with E-state index in [1.54, 1.807) is 18.2 Å². The van der Waals surface area contributed by atoms with Crippen molar-refractivity contribution in [2.45, 2.75) is 6.42 Å². The van der Waals surface area contributed by atoms with E-state index in [9.17, 15) is 4.79 Å². The molecule has 4 nitrogen and oxygen atoms in total. The van der Waals surface area contributed by atoms with Crippen molar-refractivity contribution in [2.24, 2.45) is 0 Å². The van der Waals surface area contributed by atoms with E-state index in [-0.39, 0.29) is 12.3 Å². The van der Waals surface area contributed by atoms with Crippen LogP contribution in [0.15, 0.2) is 46.9 Å². The summed E-state index contributed by atoms with van der Waals surface area (Å²) in [5.41, 5.74) is 6.69. The van der Waals surface area contributed by atoms with Gasteiger partial charge in [0.15, 0.2) is 0 Å². The Morgan fingerprint density at radius 2 is 1.95 bits per heavy atom. The van der Waals surface area contributed by atoms with Crippen molar-refractivity contribution in [3.8, 4) is 5.75 Å². The van der Waals surface area contributed by atoms with E-state index in [2.05, 4.69) is 21.2 Å². The molecule has 0 bridgehead atoms. The highest BCUT2D eigenvalue weighted by atomic mass is 79.9. The predicted molar refractivity (Wildman–Crippen MR) is 88.7 cm³/mol. The molecule has 0 atom stereocenters. The van der Waals surface area contributed by atoms with Crippen LogP contribution in [-0.2, 0) is 4.79 Å². The number of nitrogens with one attached hydrogen (secondary N) is 1. The van der Waals surface area contributed by atoms with Crippen molar-refractivity contribution in [2.75, 3.05) is 17.7 Å². The lowest BCUT2D eigenvalue weighted by molar-refractivity contribution is -0.116. The monoisotopic (exact) mass is 368 g/mol. The number of hydrogen-bond donors (Lipinski definition) is 2. The Morgan fingerprint density at radius 1 is 1.24 bits per heavy atom. The number of anilines is 2. The maximum absolute atomic E-state index is 11.8. The minimum Gasteiger partial charge on any atom is -0.493 e. The topological polar surface area (TPSA) is 64.3 Å². The Bertz CT molecular complexity index is 632. The van der Waals surface area contributed by atoms with Gasteiger partial charge in [0.05, 0.1) is 23.7 Å². The minimum atomic E-state index is -0.168. The van der Waals surface area contributed by atoms with Gasteiger partial charge in [-0.2, -0.15) is 0 Å². The first-order valence-electron chi connectivity index (χ1n) is 6.28. The second kappa shape index (κ2) is 7.33. The third-order valence-corrected chi connectivity index (χ3v) is 3.52. The van der Waals surface area contributed by atoms with Gasteiger partial charge in [0.25, 0.3) is 0 Å². The van der Waals surface area contributed by atoms with Crippen LogP contribution < -0.4 is 15.8 Å². The SMILES string of the molecule is Nc1ccc(NC(=O)CCOc2ccc(Br)cc2)c(Cl)c1. The number of nitrogen functional groups attached to an aromatic ring is 1. The average molecular weight is 370 g/mol. The molecule has 2 rings (SSSR count). The van der Waals surface area contributed by atoms with Gasteiger partial charge in [-0.3, -0.25) is 4.79 Å². The Labute approximate surface area is 136 Å². The van der Waals surface area contributed by atoms with E-state index in [4.69, 9.17) is 22.1 Å². The molecule has 0 aliphatic heterocycles. The zero-order valence-corrected chi connectivity index (χ0v) is 13.4. The minimum absolute atomic E-state index is 0.168. The van der Waals surface area contributed by atoms with E-state index in [1.807, 2.05) is 24.3 Å². The van der Waals surface area contributed by atoms with Crippen LogP contribution in [0.5, 0.6) is 5.75 Å². The molecule has 0 aliphatic carbocycles. The molecule has 0 radical (unpaired) electrons. The molecule has 2 aromatic rings. The Kier molecular flexibility index (Phi) is 5.47. The van der Waals surface area contributed by atoms with Gasteiger partial charge in [0.2, 0.25) is 5.91 Å². The number of nitrogens with two attached hydrogens (primary N) is 1. The summed E-state index contributed by atoms with van der Waals surface area (Å²) in [6.45, 7) is 0.292. The molecule has 0 saturated carbocycles. The second-order valence-electron chi connectivity index (χ2n) is 4.34. The highest BCUT2D eigenvalue weighted by Gasteiger charge is 2.06. The lowest BCUT2D eigenvalue weighted by Gasteiger charge is -2.09. The molecule has 0 heterocycles. The van der Waals surface area contributed by atoms with E-state index < -0.39 is 0 Å². The maximum Gasteiger partial charge on any atom is 0.227 e. The van der Waals surface area contributed by atoms with Gasteiger partial charge in [-0.25, -0.2) is 0 Å². The molecule has 0 aliphatic rings. The largest absolute Gasteiger partial charge is 0.493 e. The van der Waals surface area contributed by atoms with Gasteiger partial charge in [-0.05, 0) is 42.5 Å². The van der Waals surface area contributed by atoms with Crippen LogP contribution in [-0.4, -0.2) is 12.5 Å². The van der Waals surface area contributed by atoms with Gasteiger partial charge >= 0.3 is 0 Å². The first-order valence-corrected chi connectivity index (χ1v) is 7.45. The highest BCUT2D eigenvalue weighted by Crippen LogP contribution is 2.24. The third-order valence-electron chi connectivity index (χ3n) is 2.68. The molecule has 0 saturated heterocycles. The lowest BCUT2D eigenvalue weighted by atomic mass is 10.2. The van der Waals surface area contributed by atoms with Gasteiger partial charge in [-0.1, -0.05) is 27.5 Å². The van der Waals surface area contributed by atoms with Crippen molar-refractivity contribution < 1.29 is 9.53 Å². The highest BCUT2D eigenvalue weighted by molar-refractivity contribution is 9.10. The summed E-state index contributed by atoms with van der Waals surface area (Å²) < 4.78 is 6.46. The quantitative estimate of drug-likeness (QED) is 0.780. The number of hydrogen-bond acceptors (Lipinski definition) is 3. The van der Waals surface area contributed by atoms with E-state index >= 15 is 0 Å². The maximum atomic E-state index is 11.8. The number of ether oxygens (including phenoxy) is 1. The van der Waals surface area contributed by atoms with E-state index in [0.29, 0.717) is 23.0 Å². The number of benzene rings is 2. The summed E-state index contributed by atoms with van der Waals surface area (Å²) >= 11 is 9.33. The summed E-state index contributed by atoms with van der Waals surface area (Å²) in [7, 11) is 0. The lowest BCUT2D eigenvalue weighted by Crippen LogP contribution is -2.15. The number of carbonyl (C=O) groups is 1. The van der Waals surface area contributed by atoms with Gasteiger partial charge in [0, 0.05) is 10.2 Å². The van der Waals surface area contributed by atoms with Crippen molar-refractivity contribution >= 4 is 44.8 Å². The van der Waals surface area contributed by atoms with E-state index in [0.717, 1.165) is 10.2 Å². The molecule has 21 heavy (non-hydrogen) atoms. The average Bonchev–Trinajstić information content (AvgIpc) is 2.44. The van der Waals surface area contributed by atoms with Crippen LogP contribution in [0.1, 0.15) is 6.42 Å². The predicted octanol–water partition coefficient (Wildman–Crippen LogP) is 4.09. The number of rotatable bonds is 5. The molecule has 6 heteroatoms. The van der Waals surface area contributed by atoms with E-state index in [1.165, 1.54) is 0 Å². The van der Waals surface area contributed by atoms with Crippen molar-refractivity contribution in [3.63, 3.8) is 0 Å². The standard InChI is InChI=1S/C15H14BrClN2O2/c16-10-1-4-12(5-2-10)21-8-7-15(20)19-14-6-3-11(18)9-13(14)17/h1-6,9H,7-8,18H2,(H,19,20). The molecule has 1 amide bonds. The van der Waals surface area contributed by atoms with Gasteiger partial charge in [-0.15, -0.1) is 0 Å². The van der Waals surface area contributed by atoms with Crippen LogP contribution >= 0.6 is 27.5 Å². The first kappa shape index (κ1) is 15.7. The number of amides is 1. The fourth-order valence-electron chi connectivity index (χ4n) is 1.64. The third kappa shape index (κ3) is 4.95. The fraction of sp³-hybridized carbons (Fsp3) is 0.133. The van der Waals surface area contributed by atoms with Crippen LogP contribution in [0, 0.1) is 0 Å². The molecular weight excluding hydrogens is 356 g/mol. The summed E-state index contributed by atoms with van der Waals surface area (Å²) in [6, 6.07) is 12.4. The summed E-state index contributed by atoms with van der Waals surface area (Å²) in [4.78, 5) is 11.8. The zero-order valence-electron chi connectivity index (χ0n) is 11.1. The normalized spacial score (nSPS) is 10.2. The molecule has 0 spiro atoms. The second-order valence-corrected chi connectivity index (χ2v) is 5.66. The molecule has 0 unspecified atom stereocenters. The number of carbonyl (C=O) groups excluding carboxylic acids is 1. The Morgan fingerprint density at radius 3 is 2.62 bits per heavy atom. The van der Waals surface area contributed by atoms with Crippen LogP contribution in [0.2, 0.25) is 5.02 Å². The summed E-state index contributed by atoms with van der Waals surface area (Å²) in [5.74, 6) is 0.551. The fourth-order valence-corrected chi connectivity index (χ4v) is 2.14. The van der Waals surface area contributed by atoms with Crippen LogP contribution in [0.4, 0.5) is 11.4 Å². The molecule has 2 aromatic carbocycles. The Balaban J connectivity index is 1.81. The van der Waals surface area contributed by atoms with Crippen LogP contribution in [0.25, 0.3) is 0 Å². The zero-order chi connectivity index (χ0) is 15.2. The Hall–Kier alpha value is -1.72. The van der Waals surface area contributed by atoms with Crippen molar-refractivity contribution in [1.29, 1.82) is 0 Å². The van der Waals surface area contributed by atoms with Crippen molar-refractivity contribution in [1.82, 2.24) is 0 Å². The molecule has 3 N–H and O–H groups in total. The summed E-state index contributed by atoms with van der Waals surface area (Å²) in [5, 5.41) is 3.13. The smallest absolute Gasteiger partial charge is 0.227 e. The van der Waals surface area contributed by atoms with Crippen molar-refractivity contribution in [3.05, 3.63) is 52.0 Å². The first-order chi connectivity index (χ1) is 10.0. The van der Waals surface area contributed by atoms with Gasteiger partial charge in [0.1, 0.15) is 5.75 Å². The molecule has 0 fully saturated rings. The summed E-state index contributed by atoms with van der Waals surface area (Å²) in [6.07, 6.45) is 0.233. The number of halogens is 2.